The third-order valence-corrected chi connectivity index (χ3v) is 4.88. The largest absolute Gasteiger partial charge is 0.389 e. The maximum absolute atomic E-state index is 5.68. The molecular weight excluding hydrogens is 286 g/mol. The molecule has 0 bridgehead atoms. The Bertz CT molecular complexity index is 638. The van der Waals surface area contributed by atoms with Crippen LogP contribution in [-0.2, 0) is 12.8 Å². The lowest BCUT2D eigenvalue weighted by Crippen LogP contribution is -2.11. The summed E-state index contributed by atoms with van der Waals surface area (Å²) in [6.45, 7) is 2.02. The van der Waals surface area contributed by atoms with E-state index in [0.29, 0.717) is 4.99 Å². The molecule has 104 valence electrons. The zero-order valence-corrected chi connectivity index (χ0v) is 13.0. The first-order chi connectivity index (χ1) is 9.63. The van der Waals surface area contributed by atoms with Crippen molar-refractivity contribution in [1.29, 1.82) is 0 Å². The molecule has 2 aromatic rings. The molecule has 0 radical (unpaired) electrons. The zero-order chi connectivity index (χ0) is 14.1. The van der Waals surface area contributed by atoms with Gasteiger partial charge in [-0.25, -0.2) is 4.98 Å². The molecule has 0 amide bonds. The Hall–Kier alpha value is -1.46. The standard InChI is InChI=1S/C15H17N3S2/c1-9-8-10(6-7-11(9)14(16)19)17-15-18-12-4-2-3-5-13(12)20-15/h6-8H,2-5H2,1H3,(H2,16,19)(H,17,18). The van der Waals surface area contributed by atoms with E-state index in [0.717, 1.165) is 28.4 Å². The van der Waals surface area contributed by atoms with Crippen molar-refractivity contribution >= 4 is 39.4 Å². The molecule has 0 saturated carbocycles. The third kappa shape index (κ3) is 2.69. The number of anilines is 2. The number of thiocarbonyl (C=S) groups is 1. The van der Waals surface area contributed by atoms with E-state index in [1.165, 1.54) is 29.8 Å². The minimum absolute atomic E-state index is 0.443. The highest BCUT2D eigenvalue weighted by Crippen LogP contribution is 2.31. The number of hydrogen-bond donors (Lipinski definition) is 2. The predicted octanol–water partition coefficient (Wildman–Crippen LogP) is 3.71. The van der Waals surface area contributed by atoms with Crippen molar-refractivity contribution in [2.45, 2.75) is 32.6 Å². The van der Waals surface area contributed by atoms with E-state index in [9.17, 15) is 0 Å². The number of aryl methyl sites for hydroxylation is 3. The van der Waals surface area contributed by atoms with Crippen molar-refractivity contribution in [1.82, 2.24) is 4.98 Å². The summed E-state index contributed by atoms with van der Waals surface area (Å²) in [5.74, 6) is 0. The van der Waals surface area contributed by atoms with Crippen molar-refractivity contribution in [3.8, 4) is 0 Å². The molecule has 1 aliphatic carbocycles. The van der Waals surface area contributed by atoms with Crippen LogP contribution >= 0.6 is 23.6 Å². The molecule has 1 heterocycles. The number of aromatic nitrogens is 1. The summed E-state index contributed by atoms with van der Waals surface area (Å²) < 4.78 is 0. The summed E-state index contributed by atoms with van der Waals surface area (Å²) >= 11 is 6.80. The van der Waals surface area contributed by atoms with Crippen LogP contribution in [0.1, 0.15) is 34.5 Å². The van der Waals surface area contributed by atoms with Crippen molar-refractivity contribution in [3.05, 3.63) is 39.9 Å². The number of hydrogen-bond acceptors (Lipinski definition) is 4. The van der Waals surface area contributed by atoms with Crippen LogP contribution in [0.4, 0.5) is 10.8 Å². The van der Waals surface area contributed by atoms with Crippen molar-refractivity contribution in [2.24, 2.45) is 5.73 Å². The van der Waals surface area contributed by atoms with Gasteiger partial charge in [0.25, 0.3) is 0 Å². The maximum atomic E-state index is 5.68. The Morgan fingerprint density at radius 1 is 1.35 bits per heavy atom. The summed E-state index contributed by atoms with van der Waals surface area (Å²) in [6.07, 6.45) is 4.84. The number of nitrogens with zero attached hydrogens (tertiary/aromatic N) is 1. The fourth-order valence-electron chi connectivity index (χ4n) is 2.55. The molecule has 0 saturated heterocycles. The SMILES string of the molecule is Cc1cc(Nc2nc3c(s2)CCCC3)ccc1C(N)=S. The van der Waals surface area contributed by atoms with Crippen LogP contribution in [0.25, 0.3) is 0 Å². The molecule has 3 rings (SSSR count). The predicted molar refractivity (Wildman–Crippen MR) is 89.1 cm³/mol. The Labute approximate surface area is 128 Å². The molecule has 0 fully saturated rings. The molecule has 3 nitrogen and oxygen atoms in total. The molecule has 20 heavy (non-hydrogen) atoms. The highest BCUT2D eigenvalue weighted by Gasteiger charge is 2.15. The van der Waals surface area contributed by atoms with E-state index in [1.807, 2.05) is 19.1 Å². The summed E-state index contributed by atoms with van der Waals surface area (Å²) in [6, 6.07) is 6.03. The number of nitrogens with two attached hydrogens (primary N) is 1. The van der Waals surface area contributed by atoms with Crippen molar-refractivity contribution in [3.63, 3.8) is 0 Å². The minimum Gasteiger partial charge on any atom is -0.389 e. The van der Waals surface area contributed by atoms with E-state index in [-0.39, 0.29) is 0 Å². The van der Waals surface area contributed by atoms with Crippen LogP contribution in [-0.4, -0.2) is 9.97 Å². The number of fused-ring (bicyclic) bond motifs is 1. The highest BCUT2D eigenvalue weighted by molar-refractivity contribution is 7.80. The van der Waals surface area contributed by atoms with Gasteiger partial charge in [0.05, 0.1) is 5.69 Å². The number of rotatable bonds is 3. The summed E-state index contributed by atoms with van der Waals surface area (Å²) in [5.41, 5.74) is 10.0. The van der Waals surface area contributed by atoms with Gasteiger partial charge >= 0.3 is 0 Å². The fourth-order valence-corrected chi connectivity index (χ4v) is 3.85. The fraction of sp³-hybridized carbons (Fsp3) is 0.333. The lowest BCUT2D eigenvalue weighted by Gasteiger charge is -2.07. The van der Waals surface area contributed by atoms with Gasteiger partial charge in [-0.3, -0.25) is 0 Å². The minimum atomic E-state index is 0.443. The molecule has 0 aliphatic heterocycles. The molecule has 0 atom stereocenters. The van der Waals surface area contributed by atoms with Gasteiger partial charge in [-0.15, -0.1) is 11.3 Å². The Morgan fingerprint density at radius 3 is 2.85 bits per heavy atom. The monoisotopic (exact) mass is 303 g/mol. The highest BCUT2D eigenvalue weighted by atomic mass is 32.1. The van der Waals surface area contributed by atoms with Gasteiger partial charge in [-0.05, 0) is 56.4 Å². The molecule has 3 N–H and O–H groups in total. The van der Waals surface area contributed by atoms with E-state index in [1.54, 1.807) is 11.3 Å². The van der Waals surface area contributed by atoms with Gasteiger partial charge in [-0.2, -0.15) is 0 Å². The number of thiazole rings is 1. The lowest BCUT2D eigenvalue weighted by molar-refractivity contribution is 0.683. The molecule has 0 spiro atoms. The van der Waals surface area contributed by atoms with Crippen LogP contribution in [0.5, 0.6) is 0 Å². The smallest absolute Gasteiger partial charge is 0.187 e. The first kappa shape index (κ1) is 13.5. The van der Waals surface area contributed by atoms with Crippen LogP contribution in [0, 0.1) is 6.92 Å². The molecule has 1 aliphatic rings. The Kier molecular flexibility index (Phi) is 3.72. The third-order valence-electron chi connectivity index (χ3n) is 3.59. The Balaban J connectivity index is 1.82. The normalized spacial score (nSPS) is 13.8. The van der Waals surface area contributed by atoms with Gasteiger partial charge in [0.15, 0.2) is 5.13 Å². The maximum Gasteiger partial charge on any atom is 0.187 e. The van der Waals surface area contributed by atoms with E-state index in [2.05, 4.69) is 11.4 Å². The lowest BCUT2D eigenvalue weighted by atomic mass is 10.0. The second-order valence-electron chi connectivity index (χ2n) is 5.11. The summed E-state index contributed by atoms with van der Waals surface area (Å²) in [7, 11) is 0. The number of benzene rings is 1. The molecule has 1 aromatic heterocycles. The topological polar surface area (TPSA) is 50.9 Å². The second-order valence-corrected chi connectivity index (χ2v) is 6.64. The first-order valence-corrected chi connectivity index (χ1v) is 8.02. The molecule has 5 heteroatoms. The van der Waals surface area contributed by atoms with Crippen LogP contribution in [0.3, 0.4) is 0 Å². The van der Waals surface area contributed by atoms with Crippen molar-refractivity contribution in [2.75, 3.05) is 5.32 Å². The Morgan fingerprint density at radius 2 is 2.15 bits per heavy atom. The van der Waals surface area contributed by atoms with Crippen LogP contribution < -0.4 is 11.1 Å². The van der Waals surface area contributed by atoms with Gasteiger partial charge in [-0.1, -0.05) is 12.2 Å². The van der Waals surface area contributed by atoms with Gasteiger partial charge in [0.2, 0.25) is 0 Å². The zero-order valence-electron chi connectivity index (χ0n) is 11.4. The van der Waals surface area contributed by atoms with Gasteiger partial charge < -0.3 is 11.1 Å². The first-order valence-electron chi connectivity index (χ1n) is 6.79. The quantitative estimate of drug-likeness (QED) is 0.849. The number of nitrogens with one attached hydrogen (secondary N) is 1. The second kappa shape index (κ2) is 5.50. The van der Waals surface area contributed by atoms with Gasteiger partial charge in [0.1, 0.15) is 4.99 Å². The summed E-state index contributed by atoms with van der Waals surface area (Å²) in [5, 5.41) is 4.38. The molecule has 1 aromatic carbocycles. The van der Waals surface area contributed by atoms with Gasteiger partial charge in [0, 0.05) is 16.1 Å². The van der Waals surface area contributed by atoms with E-state index >= 15 is 0 Å². The molecular formula is C15H17N3S2. The van der Waals surface area contributed by atoms with E-state index < -0.39 is 0 Å². The van der Waals surface area contributed by atoms with Crippen LogP contribution in [0.15, 0.2) is 18.2 Å². The van der Waals surface area contributed by atoms with E-state index in [4.69, 9.17) is 22.9 Å². The average Bonchev–Trinajstić information content (AvgIpc) is 2.80. The summed E-state index contributed by atoms with van der Waals surface area (Å²) in [4.78, 5) is 6.57. The van der Waals surface area contributed by atoms with Crippen molar-refractivity contribution < 1.29 is 0 Å². The van der Waals surface area contributed by atoms with Crippen LogP contribution in [0.2, 0.25) is 0 Å². The molecule has 0 unspecified atom stereocenters. The average molecular weight is 303 g/mol.